The van der Waals surface area contributed by atoms with Gasteiger partial charge in [-0.2, -0.15) is 5.10 Å². The van der Waals surface area contributed by atoms with Crippen LogP contribution in [-0.2, 0) is 11.3 Å². The monoisotopic (exact) mass is 303 g/mol. The Hall–Kier alpha value is -2.14. The van der Waals surface area contributed by atoms with Crippen LogP contribution in [0.5, 0.6) is 0 Å². The van der Waals surface area contributed by atoms with E-state index in [2.05, 4.69) is 5.10 Å². The number of hydrogen-bond acceptors (Lipinski definition) is 3. The normalized spacial score (nSPS) is 14.2. The molecule has 0 spiro atoms. The van der Waals surface area contributed by atoms with Crippen molar-refractivity contribution in [3.8, 4) is 0 Å². The highest BCUT2D eigenvalue weighted by molar-refractivity contribution is 6.52. The van der Waals surface area contributed by atoms with E-state index in [9.17, 15) is 9.59 Å². The summed E-state index contributed by atoms with van der Waals surface area (Å²) in [7, 11) is 0. The van der Waals surface area contributed by atoms with E-state index in [0.717, 1.165) is 5.69 Å². The largest absolute Gasteiger partial charge is 0.299 e. The first-order valence-corrected chi connectivity index (χ1v) is 7.05. The number of ketones is 1. The molecule has 0 radical (unpaired) electrons. The van der Waals surface area contributed by atoms with E-state index in [0.29, 0.717) is 16.3 Å². The fourth-order valence-electron chi connectivity index (χ4n) is 2.34. The van der Waals surface area contributed by atoms with Crippen LogP contribution in [0, 0.1) is 0 Å². The van der Waals surface area contributed by atoms with Crippen molar-refractivity contribution in [2.75, 3.05) is 4.90 Å². The Labute approximate surface area is 127 Å². The maximum absolute atomic E-state index is 12.1. The Balaban J connectivity index is 1.92. The molecule has 21 heavy (non-hydrogen) atoms. The van der Waals surface area contributed by atoms with Crippen molar-refractivity contribution in [3.05, 3.63) is 46.7 Å². The molecule has 0 atom stereocenters. The number of rotatable bonds is 3. The molecule has 0 aliphatic carbocycles. The number of benzene rings is 1. The molecule has 0 saturated carbocycles. The summed E-state index contributed by atoms with van der Waals surface area (Å²) < 4.78 is 1.82. The minimum absolute atomic E-state index is 0.251. The van der Waals surface area contributed by atoms with Gasteiger partial charge in [0.05, 0.1) is 23.5 Å². The van der Waals surface area contributed by atoms with Crippen LogP contribution in [0.1, 0.15) is 35.9 Å². The third-order valence-electron chi connectivity index (χ3n) is 3.45. The minimum Gasteiger partial charge on any atom is -0.299 e. The van der Waals surface area contributed by atoms with Gasteiger partial charge in [-0.3, -0.25) is 19.2 Å². The quantitative estimate of drug-likeness (QED) is 0.819. The van der Waals surface area contributed by atoms with Gasteiger partial charge in [0.25, 0.3) is 11.7 Å². The molecule has 5 nitrogen and oxygen atoms in total. The van der Waals surface area contributed by atoms with Crippen molar-refractivity contribution in [3.63, 3.8) is 0 Å². The molecule has 0 unspecified atom stereocenters. The van der Waals surface area contributed by atoms with Crippen LogP contribution >= 0.6 is 11.6 Å². The van der Waals surface area contributed by atoms with Gasteiger partial charge < -0.3 is 0 Å². The van der Waals surface area contributed by atoms with Crippen LogP contribution in [0.25, 0.3) is 0 Å². The van der Waals surface area contributed by atoms with Crippen LogP contribution in [0.3, 0.4) is 0 Å². The summed E-state index contributed by atoms with van der Waals surface area (Å²) in [6.07, 6.45) is 1.87. The lowest BCUT2D eigenvalue weighted by Crippen LogP contribution is -2.29. The molecule has 0 saturated heterocycles. The van der Waals surface area contributed by atoms with Gasteiger partial charge in [0.2, 0.25) is 0 Å². The number of fused-ring (bicyclic) bond motifs is 1. The highest BCUT2D eigenvalue weighted by Crippen LogP contribution is 2.32. The van der Waals surface area contributed by atoms with Gasteiger partial charge in [-0.25, -0.2) is 0 Å². The molecule has 0 fully saturated rings. The van der Waals surface area contributed by atoms with Crippen molar-refractivity contribution < 1.29 is 9.59 Å². The molecule has 1 aliphatic rings. The van der Waals surface area contributed by atoms with E-state index in [1.165, 1.54) is 11.0 Å². The molecular weight excluding hydrogens is 290 g/mol. The highest BCUT2D eigenvalue weighted by Gasteiger charge is 2.36. The second-order valence-corrected chi connectivity index (χ2v) is 5.70. The van der Waals surface area contributed by atoms with Gasteiger partial charge in [0.1, 0.15) is 0 Å². The second kappa shape index (κ2) is 5.00. The lowest BCUT2D eigenvalue weighted by Gasteiger charge is -2.15. The van der Waals surface area contributed by atoms with Gasteiger partial charge >= 0.3 is 0 Å². The first kappa shape index (κ1) is 13.8. The standard InChI is InChI=1S/C15H14ClN3O2/c1-9(2)19-6-5-11(17-19)8-18-13-4-3-10(16)7-12(13)14(20)15(18)21/h3-7,9H,8H2,1-2H3. The lowest BCUT2D eigenvalue weighted by molar-refractivity contribution is -0.114. The number of hydrogen-bond donors (Lipinski definition) is 0. The number of nitrogens with zero attached hydrogens (tertiary/aromatic N) is 3. The predicted octanol–water partition coefficient (Wildman–Crippen LogP) is 2.85. The summed E-state index contributed by atoms with van der Waals surface area (Å²) in [6, 6.07) is 7.00. The molecule has 1 amide bonds. The topological polar surface area (TPSA) is 55.2 Å². The minimum atomic E-state index is -0.536. The number of carbonyl (C=O) groups is 2. The van der Waals surface area contributed by atoms with Crippen LogP contribution in [0.2, 0.25) is 5.02 Å². The van der Waals surface area contributed by atoms with Crippen molar-refractivity contribution in [1.82, 2.24) is 9.78 Å². The number of aromatic nitrogens is 2. The molecule has 6 heteroatoms. The number of halogens is 1. The Morgan fingerprint density at radius 1 is 1.24 bits per heavy atom. The van der Waals surface area contributed by atoms with Crippen LogP contribution in [0.4, 0.5) is 5.69 Å². The molecule has 1 aromatic heterocycles. The highest BCUT2D eigenvalue weighted by atomic mass is 35.5. The van der Waals surface area contributed by atoms with Crippen molar-refractivity contribution in [2.45, 2.75) is 26.4 Å². The summed E-state index contributed by atoms with van der Waals surface area (Å²) in [4.78, 5) is 25.6. The smallest absolute Gasteiger partial charge is 0.299 e. The van der Waals surface area contributed by atoms with Crippen molar-refractivity contribution >= 4 is 29.0 Å². The summed E-state index contributed by atoms with van der Waals surface area (Å²) >= 11 is 5.88. The lowest BCUT2D eigenvalue weighted by atomic mass is 10.1. The molecule has 2 aromatic rings. The van der Waals surface area contributed by atoms with E-state index in [1.54, 1.807) is 12.1 Å². The molecule has 2 heterocycles. The third kappa shape index (κ3) is 2.34. The number of anilines is 1. The molecule has 3 rings (SSSR count). The van der Waals surface area contributed by atoms with Gasteiger partial charge in [0, 0.05) is 17.3 Å². The van der Waals surface area contributed by atoms with Crippen LogP contribution in [-0.4, -0.2) is 21.5 Å². The zero-order valence-electron chi connectivity index (χ0n) is 11.7. The van der Waals surface area contributed by atoms with Gasteiger partial charge in [-0.05, 0) is 38.1 Å². The number of amides is 1. The Bertz CT molecular complexity index is 736. The predicted molar refractivity (Wildman–Crippen MR) is 79.6 cm³/mol. The average Bonchev–Trinajstić information content (AvgIpc) is 2.99. The SMILES string of the molecule is CC(C)n1ccc(CN2C(=O)C(=O)c3cc(Cl)ccc32)n1. The second-order valence-electron chi connectivity index (χ2n) is 5.26. The van der Waals surface area contributed by atoms with Gasteiger partial charge in [0.15, 0.2) is 0 Å². The maximum atomic E-state index is 12.1. The fourth-order valence-corrected chi connectivity index (χ4v) is 2.51. The Morgan fingerprint density at radius 3 is 2.67 bits per heavy atom. The van der Waals surface area contributed by atoms with Crippen LogP contribution < -0.4 is 4.90 Å². The van der Waals surface area contributed by atoms with Gasteiger partial charge in [-0.15, -0.1) is 0 Å². The summed E-state index contributed by atoms with van der Waals surface area (Å²) in [5.74, 6) is -1.05. The van der Waals surface area contributed by atoms with E-state index in [-0.39, 0.29) is 12.6 Å². The first-order chi connectivity index (χ1) is 9.97. The molecule has 0 bridgehead atoms. The van der Waals surface area contributed by atoms with Crippen molar-refractivity contribution in [2.24, 2.45) is 0 Å². The molecule has 108 valence electrons. The molecule has 1 aliphatic heterocycles. The summed E-state index contributed by atoms with van der Waals surface area (Å²) in [6.45, 7) is 4.33. The molecule has 1 aromatic carbocycles. The zero-order valence-corrected chi connectivity index (χ0v) is 12.5. The van der Waals surface area contributed by atoms with Gasteiger partial charge in [-0.1, -0.05) is 11.6 Å². The molecule has 0 N–H and O–H groups in total. The van der Waals surface area contributed by atoms with E-state index >= 15 is 0 Å². The van der Waals surface area contributed by atoms with E-state index in [4.69, 9.17) is 11.6 Å². The number of carbonyl (C=O) groups excluding carboxylic acids is 2. The molecular formula is C15H14ClN3O2. The Kier molecular flexibility index (Phi) is 3.29. The van der Waals surface area contributed by atoms with Crippen LogP contribution in [0.15, 0.2) is 30.5 Å². The van der Waals surface area contributed by atoms with Crippen molar-refractivity contribution in [1.29, 1.82) is 0 Å². The third-order valence-corrected chi connectivity index (χ3v) is 3.68. The fraction of sp³-hybridized carbons (Fsp3) is 0.267. The average molecular weight is 304 g/mol. The van der Waals surface area contributed by atoms with E-state index < -0.39 is 11.7 Å². The van der Waals surface area contributed by atoms with E-state index in [1.807, 2.05) is 30.8 Å². The summed E-state index contributed by atoms with van der Waals surface area (Å²) in [5.41, 5.74) is 1.69. The summed E-state index contributed by atoms with van der Waals surface area (Å²) in [5, 5.41) is 4.85. The Morgan fingerprint density at radius 2 is 2.00 bits per heavy atom. The maximum Gasteiger partial charge on any atom is 0.299 e. The zero-order chi connectivity index (χ0) is 15.1. The first-order valence-electron chi connectivity index (χ1n) is 6.67. The number of Topliss-reactive ketones (excluding diaryl/α,β-unsaturated/α-hetero) is 1.